The average molecular weight is 325 g/mol. The summed E-state index contributed by atoms with van der Waals surface area (Å²) >= 11 is 6.41. The Hall–Kier alpha value is -2.32. The smallest absolute Gasteiger partial charge is 0.297 e. The average Bonchev–Trinajstić information content (AvgIpc) is 2.97. The van der Waals surface area contributed by atoms with E-state index < -0.39 is 17.6 Å². The zero-order valence-corrected chi connectivity index (χ0v) is 12.3. The minimum absolute atomic E-state index is 0.110. The Morgan fingerprint density at radius 2 is 1.86 bits per heavy atom. The number of amides is 2. The van der Waals surface area contributed by atoms with Crippen LogP contribution in [0, 0.1) is 0 Å². The Morgan fingerprint density at radius 3 is 2.48 bits per heavy atom. The molecule has 7 nitrogen and oxygen atoms in total. The van der Waals surface area contributed by atoms with E-state index in [1.807, 2.05) is 0 Å². The van der Waals surface area contributed by atoms with Gasteiger partial charge in [0.1, 0.15) is 4.88 Å². The number of rotatable bonds is 4. The van der Waals surface area contributed by atoms with Crippen molar-refractivity contribution in [2.24, 2.45) is 0 Å². The number of carbonyl (C=O) groups is 3. The van der Waals surface area contributed by atoms with Gasteiger partial charge in [-0.3, -0.25) is 14.4 Å². The molecule has 1 aromatic carbocycles. The van der Waals surface area contributed by atoms with E-state index in [2.05, 4.69) is 20.2 Å². The summed E-state index contributed by atoms with van der Waals surface area (Å²) in [4.78, 5) is 35.3. The number of Topliss-reactive ketones (excluding diaryl/α,β-unsaturated/α-hetero) is 1. The molecule has 0 atom stereocenters. The summed E-state index contributed by atoms with van der Waals surface area (Å²) in [6.07, 6.45) is 0. The number of aromatic nitrogens is 2. The highest BCUT2D eigenvalue weighted by molar-refractivity contribution is 7.09. The summed E-state index contributed by atoms with van der Waals surface area (Å²) in [6, 6.07) is 6.26. The molecule has 0 unspecified atom stereocenters. The molecule has 0 bridgehead atoms. The maximum atomic E-state index is 12.0. The normalized spacial score (nSPS) is 10.0. The van der Waals surface area contributed by atoms with Crippen molar-refractivity contribution >= 4 is 46.4 Å². The zero-order chi connectivity index (χ0) is 15.4. The molecule has 0 saturated carbocycles. The fourth-order valence-corrected chi connectivity index (χ4v) is 2.16. The van der Waals surface area contributed by atoms with Gasteiger partial charge in [-0.2, -0.15) is 0 Å². The van der Waals surface area contributed by atoms with Crippen LogP contribution in [0.5, 0.6) is 0 Å². The van der Waals surface area contributed by atoms with Gasteiger partial charge in [-0.05, 0) is 35.8 Å². The number of hydrogen-bond acceptors (Lipinski definition) is 6. The quantitative estimate of drug-likeness (QED) is 0.653. The van der Waals surface area contributed by atoms with Gasteiger partial charge in [0.05, 0.1) is 0 Å². The van der Waals surface area contributed by atoms with E-state index in [1.54, 1.807) is 24.3 Å². The van der Waals surface area contributed by atoms with Gasteiger partial charge in [-0.15, -0.1) is 5.10 Å². The molecule has 0 aliphatic carbocycles. The molecule has 9 heteroatoms. The second-order valence-corrected chi connectivity index (χ2v) is 5.01. The number of nitrogens with zero attached hydrogens (tertiary/aromatic N) is 2. The first kappa shape index (κ1) is 15.1. The Balaban J connectivity index is 2.16. The van der Waals surface area contributed by atoms with E-state index in [1.165, 1.54) is 7.05 Å². The molecule has 2 N–H and O–H groups in total. The van der Waals surface area contributed by atoms with E-state index in [0.29, 0.717) is 22.2 Å². The van der Waals surface area contributed by atoms with Gasteiger partial charge in [-0.1, -0.05) is 16.1 Å². The Kier molecular flexibility index (Phi) is 4.61. The van der Waals surface area contributed by atoms with Crippen molar-refractivity contribution < 1.29 is 14.4 Å². The fourth-order valence-electron chi connectivity index (χ4n) is 1.43. The van der Waals surface area contributed by atoms with Gasteiger partial charge in [0, 0.05) is 17.8 Å². The highest BCUT2D eigenvalue weighted by Gasteiger charge is 2.26. The molecular weight excluding hydrogens is 316 g/mol. The number of carbonyl (C=O) groups excluding carboxylic acids is 3. The largest absolute Gasteiger partial charge is 0.354 e. The van der Waals surface area contributed by atoms with Gasteiger partial charge >= 0.3 is 0 Å². The van der Waals surface area contributed by atoms with Crippen molar-refractivity contribution in [3.05, 3.63) is 39.9 Å². The number of ketones is 1. The SMILES string of the molecule is CNC(=O)c1nnsc1C(=O)C(=O)Nc1ccc(Cl)cc1. The van der Waals surface area contributed by atoms with Crippen molar-refractivity contribution in [3.8, 4) is 0 Å². The van der Waals surface area contributed by atoms with Gasteiger partial charge in [0.15, 0.2) is 5.69 Å². The van der Waals surface area contributed by atoms with Crippen molar-refractivity contribution in [3.63, 3.8) is 0 Å². The molecule has 0 spiro atoms. The van der Waals surface area contributed by atoms with Crippen LogP contribution < -0.4 is 10.6 Å². The fraction of sp³-hybridized carbons (Fsp3) is 0.0833. The van der Waals surface area contributed by atoms with Crippen LogP contribution in [0.15, 0.2) is 24.3 Å². The molecule has 2 aromatic rings. The Bertz CT molecular complexity index is 699. The summed E-state index contributed by atoms with van der Waals surface area (Å²) in [5.41, 5.74) is 0.246. The molecule has 0 fully saturated rings. The van der Waals surface area contributed by atoms with Crippen LogP contribution in [0.2, 0.25) is 5.02 Å². The summed E-state index contributed by atoms with van der Waals surface area (Å²) in [6.45, 7) is 0. The second kappa shape index (κ2) is 6.42. The number of nitrogens with one attached hydrogen (secondary N) is 2. The monoisotopic (exact) mass is 324 g/mol. The number of halogens is 1. The minimum Gasteiger partial charge on any atom is -0.354 e. The Labute approximate surface area is 128 Å². The van der Waals surface area contributed by atoms with Crippen LogP contribution in [0.1, 0.15) is 20.2 Å². The van der Waals surface area contributed by atoms with Crippen molar-refractivity contribution in [2.45, 2.75) is 0 Å². The zero-order valence-electron chi connectivity index (χ0n) is 10.7. The van der Waals surface area contributed by atoms with E-state index >= 15 is 0 Å². The minimum atomic E-state index is -0.881. The lowest BCUT2D eigenvalue weighted by Gasteiger charge is -2.03. The van der Waals surface area contributed by atoms with Crippen LogP contribution in [0.25, 0.3) is 0 Å². The predicted octanol–water partition coefficient (Wildman–Crippen LogP) is 1.37. The van der Waals surface area contributed by atoms with E-state index in [-0.39, 0.29) is 10.6 Å². The summed E-state index contributed by atoms with van der Waals surface area (Å²) in [5.74, 6) is -2.33. The van der Waals surface area contributed by atoms with Crippen LogP contribution in [-0.4, -0.2) is 34.2 Å². The lowest BCUT2D eigenvalue weighted by Crippen LogP contribution is -2.26. The second-order valence-electron chi connectivity index (χ2n) is 3.82. The van der Waals surface area contributed by atoms with Crippen molar-refractivity contribution in [2.75, 3.05) is 12.4 Å². The third-order valence-corrected chi connectivity index (χ3v) is 3.42. The van der Waals surface area contributed by atoms with E-state index in [4.69, 9.17) is 11.6 Å². The lowest BCUT2D eigenvalue weighted by molar-refractivity contribution is -0.112. The predicted molar refractivity (Wildman–Crippen MR) is 77.7 cm³/mol. The standard InChI is InChI=1S/C12H9ClN4O3S/c1-14-11(19)8-10(21-17-16-8)9(18)12(20)15-7-4-2-6(13)3-5-7/h2-5H,1H3,(H,14,19)(H,15,20). The highest BCUT2D eigenvalue weighted by Crippen LogP contribution is 2.15. The molecule has 0 saturated heterocycles. The van der Waals surface area contributed by atoms with Gasteiger partial charge < -0.3 is 10.6 Å². The molecule has 2 rings (SSSR count). The first-order valence-corrected chi connectivity index (χ1v) is 6.83. The van der Waals surface area contributed by atoms with Gasteiger partial charge in [0.25, 0.3) is 17.6 Å². The maximum Gasteiger partial charge on any atom is 0.297 e. The van der Waals surface area contributed by atoms with Crippen LogP contribution in [-0.2, 0) is 4.79 Å². The Morgan fingerprint density at radius 1 is 1.19 bits per heavy atom. The van der Waals surface area contributed by atoms with E-state index in [0.717, 1.165) is 0 Å². The molecular formula is C12H9ClN4O3S. The third kappa shape index (κ3) is 3.41. The summed E-state index contributed by atoms with van der Waals surface area (Å²) < 4.78 is 3.53. The van der Waals surface area contributed by atoms with Crippen LogP contribution in [0.3, 0.4) is 0 Å². The topological polar surface area (TPSA) is 101 Å². The van der Waals surface area contributed by atoms with Gasteiger partial charge in [0.2, 0.25) is 0 Å². The van der Waals surface area contributed by atoms with Gasteiger partial charge in [-0.25, -0.2) is 0 Å². The number of anilines is 1. The van der Waals surface area contributed by atoms with Crippen LogP contribution >= 0.6 is 23.1 Å². The third-order valence-electron chi connectivity index (χ3n) is 2.44. The van der Waals surface area contributed by atoms with Crippen molar-refractivity contribution in [1.29, 1.82) is 0 Å². The summed E-state index contributed by atoms with van der Waals surface area (Å²) in [5, 5.41) is 8.79. The molecule has 21 heavy (non-hydrogen) atoms. The first-order chi connectivity index (χ1) is 10.0. The van der Waals surface area contributed by atoms with Crippen LogP contribution in [0.4, 0.5) is 5.69 Å². The molecule has 1 aromatic heterocycles. The lowest BCUT2D eigenvalue weighted by atomic mass is 10.2. The van der Waals surface area contributed by atoms with Crippen molar-refractivity contribution in [1.82, 2.24) is 14.9 Å². The first-order valence-electron chi connectivity index (χ1n) is 5.68. The molecule has 1 heterocycles. The molecule has 0 aliphatic heterocycles. The van der Waals surface area contributed by atoms with E-state index in [9.17, 15) is 14.4 Å². The molecule has 108 valence electrons. The maximum absolute atomic E-state index is 12.0. The molecule has 2 amide bonds. The molecule has 0 radical (unpaired) electrons. The summed E-state index contributed by atoms with van der Waals surface area (Å²) in [7, 11) is 1.39. The molecule has 0 aliphatic rings. The highest BCUT2D eigenvalue weighted by atomic mass is 35.5. The number of benzene rings is 1. The number of hydrogen-bond donors (Lipinski definition) is 2.